The van der Waals surface area contributed by atoms with E-state index in [1.807, 2.05) is 0 Å². The molecule has 0 amide bonds. The first-order chi connectivity index (χ1) is 7.96. The van der Waals surface area contributed by atoms with Gasteiger partial charge in [0.2, 0.25) is 15.2 Å². The van der Waals surface area contributed by atoms with Crippen molar-refractivity contribution in [2.24, 2.45) is 0 Å². The third kappa shape index (κ3) is 2.94. The molecular formula is C8H9N5O2S2. The second-order valence-corrected chi connectivity index (χ2v) is 5.46. The first-order valence-corrected chi connectivity index (χ1v) is 6.85. The van der Waals surface area contributed by atoms with Gasteiger partial charge in [0, 0.05) is 0 Å². The van der Waals surface area contributed by atoms with Crippen molar-refractivity contribution in [3.8, 4) is 5.69 Å². The van der Waals surface area contributed by atoms with Crippen LogP contribution in [0.15, 0.2) is 29.4 Å². The quantitative estimate of drug-likeness (QED) is 0.785. The molecule has 0 aliphatic rings. The molecule has 0 aliphatic carbocycles. The van der Waals surface area contributed by atoms with Crippen molar-refractivity contribution in [1.29, 1.82) is 0 Å². The maximum Gasteiger partial charge on any atom is 0.229 e. The van der Waals surface area contributed by atoms with Crippen LogP contribution >= 0.6 is 12.6 Å². The normalized spacial score (nSPS) is 11.4. The van der Waals surface area contributed by atoms with Crippen LogP contribution in [0.4, 0.5) is 5.69 Å². The Morgan fingerprint density at radius 2 is 2.18 bits per heavy atom. The molecule has 0 spiro atoms. The third-order valence-corrected chi connectivity index (χ3v) is 2.73. The topological polar surface area (TPSA) is 89.8 Å². The van der Waals surface area contributed by atoms with Gasteiger partial charge in [-0.05, 0) is 28.6 Å². The Hall–Kier alpha value is -1.61. The van der Waals surface area contributed by atoms with E-state index in [0.717, 1.165) is 6.26 Å². The Labute approximate surface area is 103 Å². The lowest BCUT2D eigenvalue weighted by Gasteiger charge is -2.06. The molecule has 9 heteroatoms. The average molecular weight is 271 g/mol. The number of thiol groups is 1. The molecule has 1 heterocycles. The molecule has 2 rings (SSSR count). The molecule has 1 aromatic carbocycles. The van der Waals surface area contributed by atoms with Crippen LogP contribution in [0.2, 0.25) is 0 Å². The minimum atomic E-state index is -3.30. The summed E-state index contributed by atoms with van der Waals surface area (Å²) in [5.74, 6) is 0. The van der Waals surface area contributed by atoms with E-state index >= 15 is 0 Å². The van der Waals surface area contributed by atoms with Crippen molar-refractivity contribution >= 4 is 28.3 Å². The molecule has 0 saturated carbocycles. The summed E-state index contributed by atoms with van der Waals surface area (Å²) in [6.45, 7) is 0. The lowest BCUT2D eigenvalue weighted by molar-refractivity contribution is 0.607. The molecule has 0 atom stereocenters. The number of benzene rings is 1. The largest absolute Gasteiger partial charge is 0.284 e. The lowest BCUT2D eigenvalue weighted by Crippen LogP contribution is -2.10. The summed E-state index contributed by atoms with van der Waals surface area (Å²) in [5, 5.41) is 11.1. The van der Waals surface area contributed by atoms with E-state index in [1.165, 1.54) is 4.68 Å². The van der Waals surface area contributed by atoms with Crippen LogP contribution in [0.5, 0.6) is 0 Å². The van der Waals surface area contributed by atoms with E-state index in [-0.39, 0.29) is 0 Å². The number of nitrogens with zero attached hydrogens (tertiary/aromatic N) is 4. The van der Waals surface area contributed by atoms with Crippen molar-refractivity contribution in [1.82, 2.24) is 20.2 Å². The van der Waals surface area contributed by atoms with Gasteiger partial charge in [0.05, 0.1) is 17.6 Å². The van der Waals surface area contributed by atoms with Gasteiger partial charge in [-0.1, -0.05) is 6.07 Å². The first kappa shape index (κ1) is 11.9. The van der Waals surface area contributed by atoms with Crippen LogP contribution < -0.4 is 4.72 Å². The smallest absolute Gasteiger partial charge is 0.229 e. The fourth-order valence-electron chi connectivity index (χ4n) is 1.26. The maximum atomic E-state index is 11.1. The van der Waals surface area contributed by atoms with Gasteiger partial charge in [0.25, 0.3) is 0 Å². The molecule has 1 N–H and O–H groups in total. The Morgan fingerprint density at radius 1 is 1.41 bits per heavy atom. The summed E-state index contributed by atoms with van der Waals surface area (Å²) in [7, 11) is -3.30. The number of hydrogen-bond donors (Lipinski definition) is 2. The van der Waals surface area contributed by atoms with Crippen molar-refractivity contribution in [3.05, 3.63) is 24.3 Å². The van der Waals surface area contributed by atoms with E-state index in [9.17, 15) is 8.42 Å². The maximum absolute atomic E-state index is 11.1. The van der Waals surface area contributed by atoms with Gasteiger partial charge in [-0.2, -0.15) is 4.68 Å². The van der Waals surface area contributed by atoms with Gasteiger partial charge in [-0.15, -0.1) is 17.7 Å². The van der Waals surface area contributed by atoms with E-state index in [2.05, 4.69) is 32.9 Å². The number of rotatable bonds is 3. The summed E-state index contributed by atoms with van der Waals surface area (Å²) < 4.78 is 25.9. The molecule has 0 unspecified atom stereocenters. The van der Waals surface area contributed by atoms with Crippen LogP contribution in [0.25, 0.3) is 5.69 Å². The van der Waals surface area contributed by atoms with Gasteiger partial charge < -0.3 is 0 Å². The predicted molar refractivity (Wildman–Crippen MR) is 64.9 cm³/mol. The molecule has 17 heavy (non-hydrogen) atoms. The Kier molecular flexibility index (Phi) is 3.03. The molecule has 0 saturated heterocycles. The van der Waals surface area contributed by atoms with E-state index in [4.69, 9.17) is 0 Å². The van der Waals surface area contributed by atoms with E-state index < -0.39 is 10.0 Å². The summed E-state index contributed by atoms with van der Waals surface area (Å²) in [5.41, 5.74) is 1.06. The van der Waals surface area contributed by atoms with Crippen molar-refractivity contribution < 1.29 is 8.42 Å². The monoisotopic (exact) mass is 271 g/mol. The average Bonchev–Trinajstić information content (AvgIpc) is 2.62. The number of anilines is 1. The Morgan fingerprint density at radius 3 is 2.76 bits per heavy atom. The zero-order valence-corrected chi connectivity index (χ0v) is 10.5. The van der Waals surface area contributed by atoms with Gasteiger partial charge in [-0.3, -0.25) is 4.72 Å². The van der Waals surface area contributed by atoms with Crippen LogP contribution in [0.3, 0.4) is 0 Å². The molecule has 0 bridgehead atoms. The molecule has 1 aromatic heterocycles. The van der Waals surface area contributed by atoms with Crippen molar-refractivity contribution in [2.75, 3.05) is 11.0 Å². The second-order valence-electron chi connectivity index (χ2n) is 3.32. The van der Waals surface area contributed by atoms with Crippen LogP contribution in [0.1, 0.15) is 0 Å². The highest BCUT2D eigenvalue weighted by Gasteiger charge is 2.06. The SMILES string of the molecule is CS(=O)(=O)Nc1cccc(-n2nnnc2S)c1. The highest BCUT2D eigenvalue weighted by atomic mass is 32.2. The lowest BCUT2D eigenvalue weighted by atomic mass is 10.3. The van der Waals surface area contributed by atoms with Crippen LogP contribution in [0, 0.1) is 0 Å². The van der Waals surface area contributed by atoms with Gasteiger partial charge >= 0.3 is 0 Å². The van der Waals surface area contributed by atoms with Gasteiger partial charge in [0.15, 0.2) is 0 Å². The Bertz CT molecular complexity index is 637. The van der Waals surface area contributed by atoms with E-state index in [0.29, 0.717) is 16.5 Å². The molecule has 0 radical (unpaired) electrons. The minimum Gasteiger partial charge on any atom is -0.284 e. The Balaban J connectivity index is 2.39. The fraction of sp³-hybridized carbons (Fsp3) is 0.125. The van der Waals surface area contributed by atoms with Crippen LogP contribution in [-0.4, -0.2) is 34.9 Å². The summed E-state index contributed by atoms with van der Waals surface area (Å²) >= 11 is 4.07. The first-order valence-electron chi connectivity index (χ1n) is 4.51. The van der Waals surface area contributed by atoms with Gasteiger partial charge in [-0.25, -0.2) is 8.42 Å². The minimum absolute atomic E-state index is 0.321. The number of sulfonamides is 1. The summed E-state index contributed by atoms with van der Waals surface area (Å²) in [6.07, 6.45) is 1.08. The summed E-state index contributed by atoms with van der Waals surface area (Å²) in [4.78, 5) is 0. The molecule has 0 fully saturated rings. The molecule has 2 aromatic rings. The highest BCUT2D eigenvalue weighted by molar-refractivity contribution is 7.92. The predicted octanol–water partition coefficient (Wildman–Crippen LogP) is 0.322. The standard InChI is InChI=1S/C8H9N5O2S2/c1-17(14,15)10-6-3-2-4-7(5-6)13-8(16)9-11-12-13/h2-5,10H,1H3,(H,9,12,16). The molecule has 90 valence electrons. The van der Waals surface area contributed by atoms with Crippen molar-refractivity contribution in [2.45, 2.75) is 5.16 Å². The van der Waals surface area contributed by atoms with Gasteiger partial charge in [0.1, 0.15) is 0 Å². The summed E-state index contributed by atoms with van der Waals surface area (Å²) in [6, 6.07) is 6.67. The number of aromatic nitrogens is 4. The number of hydrogen-bond acceptors (Lipinski definition) is 6. The fourth-order valence-corrected chi connectivity index (χ4v) is 2.02. The highest BCUT2D eigenvalue weighted by Crippen LogP contribution is 2.16. The van der Waals surface area contributed by atoms with Crippen LogP contribution in [-0.2, 0) is 10.0 Å². The molecule has 0 aliphatic heterocycles. The third-order valence-electron chi connectivity index (χ3n) is 1.85. The zero-order valence-electron chi connectivity index (χ0n) is 8.77. The molecule has 7 nitrogen and oxygen atoms in total. The number of tetrazole rings is 1. The van der Waals surface area contributed by atoms with Crippen molar-refractivity contribution in [3.63, 3.8) is 0 Å². The molecular weight excluding hydrogens is 262 g/mol. The number of nitrogens with one attached hydrogen (secondary N) is 1. The zero-order chi connectivity index (χ0) is 12.5. The van der Waals surface area contributed by atoms with E-state index in [1.54, 1.807) is 24.3 Å². The second kappa shape index (κ2) is 4.34.